The summed E-state index contributed by atoms with van der Waals surface area (Å²) >= 11 is 0. The molecule has 0 aromatic heterocycles. The third kappa shape index (κ3) is 19.0. The van der Waals surface area contributed by atoms with Gasteiger partial charge in [0.1, 0.15) is 24.4 Å². The molecule has 0 aliphatic carbocycles. The second-order valence-corrected chi connectivity index (χ2v) is 13.0. The molecular weight excluding hydrogens is 562 g/mol. The highest BCUT2D eigenvalue weighted by molar-refractivity contribution is 5.76. The number of carbonyl (C=O) groups is 1. The van der Waals surface area contributed by atoms with Gasteiger partial charge in [-0.25, -0.2) is 0 Å². The van der Waals surface area contributed by atoms with Crippen LogP contribution in [0.15, 0.2) is 0 Å². The van der Waals surface area contributed by atoms with Crippen LogP contribution in [0.1, 0.15) is 162 Å². The van der Waals surface area contributed by atoms with Crippen molar-refractivity contribution >= 4 is 5.91 Å². The van der Waals surface area contributed by atoms with Crippen LogP contribution < -0.4 is 5.32 Å². The van der Waals surface area contributed by atoms with Crippen LogP contribution in [0.4, 0.5) is 0 Å². The van der Waals surface area contributed by atoms with Gasteiger partial charge in [0.05, 0.1) is 25.4 Å². The maximum absolute atomic E-state index is 12.8. The third-order valence-electron chi connectivity index (χ3n) is 8.96. The normalized spacial score (nSPS) is 23.5. The summed E-state index contributed by atoms with van der Waals surface area (Å²) in [5.41, 5.74) is 0. The van der Waals surface area contributed by atoms with Crippen molar-refractivity contribution < 1.29 is 39.8 Å². The molecule has 0 bridgehead atoms. The molecule has 262 valence electrons. The third-order valence-corrected chi connectivity index (χ3v) is 8.96. The molecule has 1 fully saturated rings. The van der Waals surface area contributed by atoms with Crippen molar-refractivity contribution in [3.8, 4) is 0 Å². The van der Waals surface area contributed by atoms with E-state index in [1.54, 1.807) is 0 Å². The second-order valence-electron chi connectivity index (χ2n) is 13.0. The minimum Gasteiger partial charge on any atom is -0.394 e. The molecule has 1 heterocycles. The molecule has 1 rings (SSSR count). The van der Waals surface area contributed by atoms with Gasteiger partial charge in [-0.15, -0.1) is 0 Å². The fourth-order valence-corrected chi connectivity index (χ4v) is 5.92. The van der Waals surface area contributed by atoms with Crippen molar-refractivity contribution in [1.82, 2.24) is 5.32 Å². The summed E-state index contributed by atoms with van der Waals surface area (Å²) in [6, 6.07) is -0.707. The van der Waals surface area contributed by atoms with E-state index in [2.05, 4.69) is 19.2 Å². The van der Waals surface area contributed by atoms with Gasteiger partial charge >= 0.3 is 0 Å². The molecular formula is C35H69NO8. The van der Waals surface area contributed by atoms with Gasteiger partial charge in [-0.2, -0.15) is 0 Å². The first kappa shape index (κ1) is 41.2. The van der Waals surface area contributed by atoms with Crippen LogP contribution in [0.3, 0.4) is 0 Å². The fraction of sp³-hybridized carbons (Fsp3) is 0.971. The van der Waals surface area contributed by atoms with E-state index in [1.165, 1.54) is 96.3 Å². The first-order chi connectivity index (χ1) is 21.3. The summed E-state index contributed by atoms with van der Waals surface area (Å²) in [5.74, 6) is -0.150. The van der Waals surface area contributed by atoms with E-state index in [1.807, 2.05) is 0 Å². The van der Waals surface area contributed by atoms with Gasteiger partial charge in [0, 0.05) is 6.42 Å². The summed E-state index contributed by atoms with van der Waals surface area (Å²) < 4.78 is 11.2. The lowest BCUT2D eigenvalue weighted by Gasteiger charge is -2.40. The van der Waals surface area contributed by atoms with E-state index in [4.69, 9.17) is 9.47 Å². The van der Waals surface area contributed by atoms with E-state index in [0.29, 0.717) is 12.8 Å². The second kappa shape index (κ2) is 27.3. The van der Waals surface area contributed by atoms with Gasteiger partial charge in [-0.05, 0) is 12.8 Å². The number of ether oxygens (including phenoxy) is 2. The molecule has 0 saturated carbocycles. The molecule has 1 saturated heterocycles. The van der Waals surface area contributed by atoms with E-state index in [0.717, 1.165) is 38.5 Å². The van der Waals surface area contributed by atoms with Gasteiger partial charge < -0.3 is 40.3 Å². The number of hydrogen-bond donors (Lipinski definition) is 6. The Hall–Kier alpha value is -0.810. The lowest BCUT2D eigenvalue weighted by molar-refractivity contribution is -0.302. The highest BCUT2D eigenvalue weighted by atomic mass is 16.7. The SMILES string of the molecule is CCCCCCCCCCCCCCCC(O)C(COC1OC(CO)C(O)C(O)C1O)NC(=O)CCCCCCCCCC. The Balaban J connectivity index is 2.44. The number of unbranched alkanes of at least 4 members (excludes halogenated alkanes) is 19. The summed E-state index contributed by atoms with van der Waals surface area (Å²) in [4.78, 5) is 12.8. The fourth-order valence-electron chi connectivity index (χ4n) is 5.92. The van der Waals surface area contributed by atoms with Gasteiger partial charge in [0.15, 0.2) is 6.29 Å². The minimum absolute atomic E-state index is 0.133. The number of amides is 1. The highest BCUT2D eigenvalue weighted by Crippen LogP contribution is 2.23. The van der Waals surface area contributed by atoms with Gasteiger partial charge in [-0.3, -0.25) is 4.79 Å². The topological polar surface area (TPSA) is 149 Å². The van der Waals surface area contributed by atoms with Gasteiger partial charge in [0.25, 0.3) is 0 Å². The number of aliphatic hydroxyl groups is 5. The standard InChI is InChI=1S/C35H69NO8/c1-3-5-7-9-11-13-14-15-16-17-18-20-22-24-29(38)28(36-31(39)25-23-21-19-12-10-8-6-4-2)27-43-35-34(42)33(41)32(40)30(26-37)44-35/h28-30,32-35,37-38,40-42H,3-27H2,1-2H3,(H,36,39). The first-order valence-corrected chi connectivity index (χ1v) is 18.2. The molecule has 1 aliphatic heterocycles. The maximum Gasteiger partial charge on any atom is 0.220 e. The molecule has 44 heavy (non-hydrogen) atoms. The molecule has 0 aromatic rings. The number of rotatable bonds is 29. The van der Waals surface area contributed by atoms with E-state index in [-0.39, 0.29) is 12.5 Å². The van der Waals surface area contributed by atoms with Crippen molar-refractivity contribution in [1.29, 1.82) is 0 Å². The largest absolute Gasteiger partial charge is 0.394 e. The number of hydrogen-bond acceptors (Lipinski definition) is 8. The Labute approximate surface area is 268 Å². The van der Waals surface area contributed by atoms with Gasteiger partial charge in [0.2, 0.25) is 5.91 Å². The Morgan fingerprint density at radius 3 is 1.61 bits per heavy atom. The summed E-state index contributed by atoms with van der Waals surface area (Å²) in [7, 11) is 0. The van der Waals surface area contributed by atoms with Gasteiger partial charge in [-0.1, -0.05) is 142 Å². The van der Waals surface area contributed by atoms with Crippen molar-refractivity contribution in [3.63, 3.8) is 0 Å². The molecule has 7 atom stereocenters. The summed E-state index contributed by atoms with van der Waals surface area (Å²) in [6.07, 6.45) is 18.3. The number of aliphatic hydroxyl groups excluding tert-OH is 5. The summed E-state index contributed by atoms with van der Waals surface area (Å²) in [6.45, 7) is 3.77. The zero-order valence-electron chi connectivity index (χ0n) is 28.2. The Morgan fingerprint density at radius 1 is 0.682 bits per heavy atom. The molecule has 9 heteroatoms. The van der Waals surface area contributed by atoms with Crippen LogP contribution in [0.25, 0.3) is 0 Å². The van der Waals surface area contributed by atoms with Crippen LogP contribution in [-0.4, -0.2) is 87.5 Å². The smallest absolute Gasteiger partial charge is 0.220 e. The zero-order valence-corrected chi connectivity index (χ0v) is 28.2. The molecule has 9 nitrogen and oxygen atoms in total. The molecule has 1 amide bonds. The monoisotopic (exact) mass is 632 g/mol. The number of carbonyl (C=O) groups excluding carboxylic acids is 1. The molecule has 1 aliphatic rings. The predicted molar refractivity (Wildman–Crippen MR) is 175 cm³/mol. The highest BCUT2D eigenvalue weighted by Gasteiger charge is 2.44. The molecule has 6 N–H and O–H groups in total. The molecule has 0 radical (unpaired) electrons. The predicted octanol–water partition coefficient (Wildman–Crippen LogP) is 5.66. The Kier molecular flexibility index (Phi) is 25.6. The average Bonchev–Trinajstić information content (AvgIpc) is 3.02. The Morgan fingerprint density at radius 2 is 1.14 bits per heavy atom. The van der Waals surface area contributed by atoms with E-state index < -0.39 is 49.5 Å². The lowest BCUT2D eigenvalue weighted by Crippen LogP contribution is -2.60. The van der Waals surface area contributed by atoms with Crippen molar-refractivity contribution in [2.45, 2.75) is 204 Å². The van der Waals surface area contributed by atoms with Crippen LogP contribution in [0.5, 0.6) is 0 Å². The first-order valence-electron chi connectivity index (χ1n) is 18.2. The maximum atomic E-state index is 12.8. The lowest BCUT2D eigenvalue weighted by atomic mass is 9.99. The van der Waals surface area contributed by atoms with E-state index >= 15 is 0 Å². The van der Waals surface area contributed by atoms with Crippen LogP contribution in [0.2, 0.25) is 0 Å². The van der Waals surface area contributed by atoms with Crippen LogP contribution in [0, 0.1) is 0 Å². The quantitative estimate of drug-likeness (QED) is 0.0580. The zero-order chi connectivity index (χ0) is 32.4. The summed E-state index contributed by atoms with van der Waals surface area (Å²) in [5, 5.41) is 53.8. The molecule has 0 spiro atoms. The number of nitrogens with one attached hydrogen (secondary N) is 1. The van der Waals surface area contributed by atoms with E-state index in [9.17, 15) is 30.3 Å². The van der Waals surface area contributed by atoms with Crippen LogP contribution >= 0.6 is 0 Å². The molecule has 7 unspecified atom stereocenters. The van der Waals surface area contributed by atoms with Crippen molar-refractivity contribution in [2.75, 3.05) is 13.2 Å². The average molecular weight is 632 g/mol. The Bertz CT molecular complexity index is 667. The van der Waals surface area contributed by atoms with Crippen molar-refractivity contribution in [3.05, 3.63) is 0 Å². The molecule has 0 aromatic carbocycles. The van der Waals surface area contributed by atoms with Crippen molar-refractivity contribution in [2.24, 2.45) is 0 Å². The minimum atomic E-state index is -1.54. The van der Waals surface area contributed by atoms with Crippen LogP contribution in [-0.2, 0) is 14.3 Å².